The lowest BCUT2D eigenvalue weighted by atomic mass is 9.83. The van der Waals surface area contributed by atoms with E-state index in [9.17, 15) is 13.2 Å². The highest BCUT2D eigenvalue weighted by molar-refractivity contribution is 4.86. The summed E-state index contributed by atoms with van der Waals surface area (Å²) in [6.07, 6.45) is -2.86. The molecule has 0 heterocycles. The van der Waals surface area contributed by atoms with Gasteiger partial charge in [-0.25, -0.2) is 0 Å². The van der Waals surface area contributed by atoms with Gasteiger partial charge in [-0.3, -0.25) is 0 Å². The average Bonchev–Trinajstić information content (AvgIpc) is 2.14. The molecule has 0 aromatic heterocycles. The predicted octanol–water partition coefficient (Wildman–Crippen LogP) is 2.47. The standard InChI is InChI=1S/C10H18F3NO/c1-2-5-15-9-4-3-7(6-8(9)14)10(11,12)13/h7-9H,2-6,14H2,1H3. The van der Waals surface area contributed by atoms with Crippen molar-refractivity contribution in [3.05, 3.63) is 0 Å². The van der Waals surface area contributed by atoms with Crippen LogP contribution in [-0.4, -0.2) is 24.9 Å². The Labute approximate surface area is 88.0 Å². The van der Waals surface area contributed by atoms with E-state index < -0.39 is 18.1 Å². The van der Waals surface area contributed by atoms with Crippen LogP contribution in [-0.2, 0) is 4.74 Å². The average molecular weight is 225 g/mol. The number of nitrogens with two attached hydrogens (primary N) is 1. The lowest BCUT2D eigenvalue weighted by Crippen LogP contribution is -2.45. The Bertz CT molecular complexity index is 196. The molecule has 1 aliphatic carbocycles. The maximum absolute atomic E-state index is 12.4. The second kappa shape index (κ2) is 5.16. The third-order valence-electron chi connectivity index (χ3n) is 2.83. The van der Waals surface area contributed by atoms with Crippen molar-refractivity contribution in [1.29, 1.82) is 0 Å². The summed E-state index contributed by atoms with van der Waals surface area (Å²) in [5.74, 6) is -1.24. The molecule has 0 amide bonds. The maximum atomic E-state index is 12.4. The second-order valence-corrected chi connectivity index (χ2v) is 4.12. The molecule has 1 saturated carbocycles. The molecule has 5 heteroatoms. The van der Waals surface area contributed by atoms with Crippen molar-refractivity contribution in [1.82, 2.24) is 0 Å². The zero-order valence-electron chi connectivity index (χ0n) is 8.89. The number of rotatable bonds is 3. The summed E-state index contributed by atoms with van der Waals surface area (Å²) in [6, 6.07) is -0.475. The van der Waals surface area contributed by atoms with Gasteiger partial charge in [-0.15, -0.1) is 0 Å². The number of halogens is 3. The maximum Gasteiger partial charge on any atom is 0.391 e. The Morgan fingerprint density at radius 2 is 2.00 bits per heavy atom. The fourth-order valence-electron chi connectivity index (χ4n) is 1.95. The van der Waals surface area contributed by atoms with E-state index in [-0.39, 0.29) is 18.9 Å². The third kappa shape index (κ3) is 3.65. The van der Waals surface area contributed by atoms with Crippen molar-refractivity contribution >= 4 is 0 Å². The zero-order chi connectivity index (χ0) is 11.5. The first-order valence-electron chi connectivity index (χ1n) is 5.39. The van der Waals surface area contributed by atoms with Gasteiger partial charge in [0.15, 0.2) is 0 Å². The molecule has 0 aromatic carbocycles. The Hall–Kier alpha value is -0.290. The number of hydrogen-bond acceptors (Lipinski definition) is 2. The summed E-state index contributed by atoms with van der Waals surface area (Å²) in [5, 5.41) is 0. The Morgan fingerprint density at radius 1 is 1.33 bits per heavy atom. The third-order valence-corrected chi connectivity index (χ3v) is 2.83. The predicted molar refractivity (Wildman–Crippen MR) is 51.4 cm³/mol. The number of ether oxygens (including phenoxy) is 1. The molecule has 3 unspecified atom stereocenters. The van der Waals surface area contributed by atoms with E-state index in [1.54, 1.807) is 0 Å². The Kier molecular flexibility index (Phi) is 4.40. The Morgan fingerprint density at radius 3 is 2.47 bits per heavy atom. The van der Waals surface area contributed by atoms with Gasteiger partial charge in [0.25, 0.3) is 0 Å². The van der Waals surface area contributed by atoms with E-state index in [0.29, 0.717) is 13.0 Å². The molecule has 2 nitrogen and oxygen atoms in total. The summed E-state index contributed by atoms with van der Waals surface area (Å²) in [5.41, 5.74) is 5.68. The van der Waals surface area contributed by atoms with Crippen LogP contribution in [0.15, 0.2) is 0 Å². The fourth-order valence-corrected chi connectivity index (χ4v) is 1.95. The van der Waals surface area contributed by atoms with Gasteiger partial charge in [-0.1, -0.05) is 6.92 Å². The van der Waals surface area contributed by atoms with Gasteiger partial charge in [0.05, 0.1) is 12.0 Å². The van der Waals surface area contributed by atoms with E-state index in [0.717, 1.165) is 6.42 Å². The van der Waals surface area contributed by atoms with Crippen LogP contribution in [0.25, 0.3) is 0 Å². The molecular weight excluding hydrogens is 207 g/mol. The minimum absolute atomic E-state index is 0.00210. The van der Waals surface area contributed by atoms with Crippen LogP contribution in [0.1, 0.15) is 32.6 Å². The zero-order valence-corrected chi connectivity index (χ0v) is 8.89. The molecule has 1 rings (SSSR count). The summed E-state index contributed by atoms with van der Waals surface area (Å²) in [4.78, 5) is 0. The van der Waals surface area contributed by atoms with Gasteiger partial charge in [0, 0.05) is 12.6 Å². The molecule has 0 aliphatic heterocycles. The van der Waals surface area contributed by atoms with Crippen LogP contribution >= 0.6 is 0 Å². The first-order chi connectivity index (χ1) is 6.95. The minimum atomic E-state index is -4.10. The number of hydrogen-bond donors (Lipinski definition) is 1. The molecule has 1 aliphatic rings. The molecule has 0 saturated heterocycles. The van der Waals surface area contributed by atoms with Crippen molar-refractivity contribution in [2.45, 2.75) is 50.9 Å². The van der Waals surface area contributed by atoms with Crippen molar-refractivity contribution < 1.29 is 17.9 Å². The van der Waals surface area contributed by atoms with Gasteiger partial charge >= 0.3 is 6.18 Å². The first-order valence-corrected chi connectivity index (χ1v) is 5.39. The van der Waals surface area contributed by atoms with Crippen molar-refractivity contribution in [3.63, 3.8) is 0 Å². The van der Waals surface area contributed by atoms with Crippen LogP contribution in [0.3, 0.4) is 0 Å². The highest BCUT2D eigenvalue weighted by atomic mass is 19.4. The molecule has 90 valence electrons. The molecule has 3 atom stereocenters. The van der Waals surface area contributed by atoms with Gasteiger partial charge < -0.3 is 10.5 Å². The smallest absolute Gasteiger partial charge is 0.377 e. The highest BCUT2D eigenvalue weighted by Crippen LogP contribution is 2.37. The lowest BCUT2D eigenvalue weighted by molar-refractivity contribution is -0.189. The van der Waals surface area contributed by atoms with Crippen LogP contribution in [0.5, 0.6) is 0 Å². The summed E-state index contributed by atoms with van der Waals surface area (Å²) in [7, 11) is 0. The second-order valence-electron chi connectivity index (χ2n) is 4.12. The van der Waals surface area contributed by atoms with Crippen molar-refractivity contribution in [2.75, 3.05) is 6.61 Å². The van der Waals surface area contributed by atoms with Crippen LogP contribution in [0, 0.1) is 5.92 Å². The van der Waals surface area contributed by atoms with E-state index in [1.807, 2.05) is 6.92 Å². The molecular formula is C10H18F3NO. The molecule has 0 aromatic rings. The van der Waals surface area contributed by atoms with E-state index in [2.05, 4.69) is 0 Å². The van der Waals surface area contributed by atoms with Gasteiger partial charge in [-0.2, -0.15) is 13.2 Å². The van der Waals surface area contributed by atoms with E-state index >= 15 is 0 Å². The molecule has 15 heavy (non-hydrogen) atoms. The summed E-state index contributed by atoms with van der Waals surface area (Å²) >= 11 is 0. The quantitative estimate of drug-likeness (QED) is 0.800. The van der Waals surface area contributed by atoms with E-state index in [1.165, 1.54) is 0 Å². The van der Waals surface area contributed by atoms with Gasteiger partial charge in [0.2, 0.25) is 0 Å². The summed E-state index contributed by atoms with van der Waals surface area (Å²) in [6.45, 7) is 2.54. The minimum Gasteiger partial charge on any atom is -0.377 e. The highest BCUT2D eigenvalue weighted by Gasteiger charge is 2.44. The first kappa shape index (κ1) is 12.8. The largest absolute Gasteiger partial charge is 0.391 e. The molecule has 0 spiro atoms. The molecule has 2 N–H and O–H groups in total. The van der Waals surface area contributed by atoms with E-state index in [4.69, 9.17) is 10.5 Å². The topological polar surface area (TPSA) is 35.2 Å². The van der Waals surface area contributed by atoms with Gasteiger partial charge in [-0.05, 0) is 25.7 Å². The van der Waals surface area contributed by atoms with Crippen LogP contribution < -0.4 is 5.73 Å². The molecule has 0 bridgehead atoms. The fraction of sp³-hybridized carbons (Fsp3) is 1.00. The number of alkyl halides is 3. The Balaban J connectivity index is 2.41. The van der Waals surface area contributed by atoms with Crippen molar-refractivity contribution in [3.8, 4) is 0 Å². The molecule has 0 radical (unpaired) electrons. The monoisotopic (exact) mass is 225 g/mol. The summed E-state index contributed by atoms with van der Waals surface area (Å²) < 4.78 is 42.6. The SMILES string of the molecule is CCCOC1CCC(C(F)(F)F)CC1N. The normalized spacial score (nSPS) is 33.0. The molecule has 1 fully saturated rings. The lowest BCUT2D eigenvalue weighted by Gasteiger charge is -2.34. The van der Waals surface area contributed by atoms with Crippen molar-refractivity contribution in [2.24, 2.45) is 11.7 Å². The van der Waals surface area contributed by atoms with Gasteiger partial charge in [0.1, 0.15) is 0 Å². The van der Waals surface area contributed by atoms with Crippen LogP contribution in [0.4, 0.5) is 13.2 Å². The van der Waals surface area contributed by atoms with Crippen LogP contribution in [0.2, 0.25) is 0 Å².